The molecular formula is C13H14N2S. The maximum absolute atomic E-state index is 5.63. The van der Waals surface area contributed by atoms with Gasteiger partial charge in [0.05, 0.1) is 11.2 Å². The molecule has 3 heteroatoms. The fourth-order valence-corrected chi connectivity index (χ4v) is 1.99. The van der Waals surface area contributed by atoms with Crippen molar-refractivity contribution in [3.63, 3.8) is 0 Å². The Labute approximate surface area is 100 Å². The molecule has 0 spiro atoms. The lowest BCUT2D eigenvalue weighted by Gasteiger charge is -2.08. The highest BCUT2D eigenvalue weighted by atomic mass is 32.1. The average Bonchev–Trinajstić information content (AvgIpc) is 2.28. The van der Waals surface area contributed by atoms with E-state index in [9.17, 15) is 0 Å². The van der Waals surface area contributed by atoms with Crippen molar-refractivity contribution in [2.24, 2.45) is 5.73 Å². The molecule has 2 aromatic rings. The molecule has 0 saturated carbocycles. The van der Waals surface area contributed by atoms with Crippen molar-refractivity contribution in [1.29, 1.82) is 0 Å². The van der Waals surface area contributed by atoms with E-state index in [2.05, 4.69) is 37.0 Å². The van der Waals surface area contributed by atoms with E-state index in [0.717, 1.165) is 11.9 Å². The van der Waals surface area contributed by atoms with Gasteiger partial charge in [0.25, 0.3) is 0 Å². The zero-order chi connectivity index (χ0) is 11.7. The van der Waals surface area contributed by atoms with E-state index in [-0.39, 0.29) is 0 Å². The Morgan fingerprint density at radius 3 is 2.81 bits per heavy atom. The molecule has 1 aromatic heterocycles. The number of hydrogen-bond acceptors (Lipinski definition) is 2. The van der Waals surface area contributed by atoms with Gasteiger partial charge in [-0.15, -0.1) is 0 Å². The topological polar surface area (TPSA) is 38.9 Å². The predicted octanol–water partition coefficient (Wildman–Crippen LogP) is 2.74. The summed E-state index contributed by atoms with van der Waals surface area (Å²) in [5.74, 6) is 0. The van der Waals surface area contributed by atoms with Gasteiger partial charge in [0, 0.05) is 5.39 Å². The Balaban J connectivity index is 2.82. The summed E-state index contributed by atoms with van der Waals surface area (Å²) in [6.45, 7) is 4.18. The number of aryl methyl sites for hydroxylation is 2. The summed E-state index contributed by atoms with van der Waals surface area (Å²) in [5.41, 5.74) is 9.77. The largest absolute Gasteiger partial charge is 0.388 e. The molecule has 1 heterocycles. The Bertz CT molecular complexity index is 561. The van der Waals surface area contributed by atoms with Gasteiger partial charge in [-0.25, -0.2) is 4.98 Å². The number of para-hydroxylation sites is 1. The van der Waals surface area contributed by atoms with E-state index in [1.807, 2.05) is 6.07 Å². The van der Waals surface area contributed by atoms with Crippen molar-refractivity contribution in [2.45, 2.75) is 20.3 Å². The molecule has 0 aliphatic rings. The first-order chi connectivity index (χ1) is 7.63. The summed E-state index contributed by atoms with van der Waals surface area (Å²) in [6.07, 6.45) is 0.963. The van der Waals surface area contributed by atoms with Gasteiger partial charge in [-0.05, 0) is 30.5 Å². The van der Waals surface area contributed by atoms with Crippen molar-refractivity contribution in [1.82, 2.24) is 4.98 Å². The van der Waals surface area contributed by atoms with Crippen LogP contribution in [0.2, 0.25) is 0 Å². The average molecular weight is 230 g/mol. The maximum Gasteiger partial charge on any atom is 0.122 e. The van der Waals surface area contributed by atoms with Crippen LogP contribution >= 0.6 is 12.2 Å². The number of hydrogen-bond donors (Lipinski definition) is 1. The number of nitrogens with two attached hydrogens (primary N) is 1. The number of benzene rings is 1. The van der Waals surface area contributed by atoms with Gasteiger partial charge < -0.3 is 5.73 Å². The lowest BCUT2D eigenvalue weighted by Crippen LogP contribution is -2.12. The van der Waals surface area contributed by atoms with Crippen molar-refractivity contribution in [2.75, 3.05) is 0 Å². The summed E-state index contributed by atoms with van der Waals surface area (Å²) in [6, 6.07) is 8.19. The number of nitrogens with zero attached hydrogens (tertiary/aromatic N) is 1. The minimum Gasteiger partial charge on any atom is -0.388 e. The molecule has 2 N–H and O–H groups in total. The van der Waals surface area contributed by atoms with Crippen LogP contribution in [0.4, 0.5) is 0 Å². The molecule has 0 atom stereocenters. The van der Waals surface area contributed by atoms with Crippen molar-refractivity contribution < 1.29 is 0 Å². The van der Waals surface area contributed by atoms with Crippen LogP contribution in [0.5, 0.6) is 0 Å². The predicted molar refractivity (Wildman–Crippen MR) is 71.7 cm³/mol. The zero-order valence-electron chi connectivity index (χ0n) is 9.45. The van der Waals surface area contributed by atoms with E-state index >= 15 is 0 Å². The monoisotopic (exact) mass is 230 g/mol. The van der Waals surface area contributed by atoms with Gasteiger partial charge in [-0.3, -0.25) is 0 Å². The second-order valence-corrected chi connectivity index (χ2v) is 4.30. The highest BCUT2D eigenvalue weighted by molar-refractivity contribution is 7.80. The first-order valence-electron chi connectivity index (χ1n) is 5.32. The van der Waals surface area contributed by atoms with E-state index in [1.54, 1.807) is 0 Å². The lowest BCUT2D eigenvalue weighted by atomic mass is 10.0. The van der Waals surface area contributed by atoms with Crippen LogP contribution in [-0.4, -0.2) is 9.97 Å². The Morgan fingerprint density at radius 2 is 2.19 bits per heavy atom. The van der Waals surface area contributed by atoms with Crippen LogP contribution in [0.15, 0.2) is 24.3 Å². The second kappa shape index (κ2) is 4.18. The van der Waals surface area contributed by atoms with Crippen LogP contribution in [0.1, 0.15) is 23.7 Å². The summed E-state index contributed by atoms with van der Waals surface area (Å²) in [4.78, 5) is 4.90. The minimum atomic E-state index is 0.357. The van der Waals surface area contributed by atoms with Crippen LogP contribution in [0.25, 0.3) is 10.9 Å². The first-order valence-corrected chi connectivity index (χ1v) is 5.73. The second-order valence-electron chi connectivity index (χ2n) is 3.86. The number of pyridine rings is 1. The highest BCUT2D eigenvalue weighted by Crippen LogP contribution is 2.21. The summed E-state index contributed by atoms with van der Waals surface area (Å²) >= 11 is 4.98. The van der Waals surface area contributed by atoms with Gasteiger partial charge in [-0.2, -0.15) is 0 Å². The third kappa shape index (κ3) is 1.78. The molecule has 0 aliphatic heterocycles. The van der Waals surface area contributed by atoms with Gasteiger partial charge in [0.2, 0.25) is 0 Å². The fraction of sp³-hybridized carbons (Fsp3) is 0.231. The van der Waals surface area contributed by atoms with Crippen molar-refractivity contribution in [3.05, 3.63) is 41.1 Å². The van der Waals surface area contributed by atoms with Gasteiger partial charge in [0.15, 0.2) is 0 Å². The van der Waals surface area contributed by atoms with Crippen LogP contribution in [-0.2, 0) is 6.42 Å². The molecule has 1 aromatic carbocycles. The first kappa shape index (κ1) is 11.0. The van der Waals surface area contributed by atoms with Gasteiger partial charge >= 0.3 is 0 Å². The molecule has 0 aliphatic carbocycles. The molecule has 2 rings (SSSR count). The van der Waals surface area contributed by atoms with Gasteiger partial charge in [-0.1, -0.05) is 37.3 Å². The lowest BCUT2D eigenvalue weighted by molar-refractivity contribution is 1.14. The van der Waals surface area contributed by atoms with E-state index in [1.165, 1.54) is 16.5 Å². The SMILES string of the molecule is CCc1cccc2c(C)cc(C(N)=S)nc12. The molecule has 16 heavy (non-hydrogen) atoms. The zero-order valence-corrected chi connectivity index (χ0v) is 10.3. The number of fused-ring (bicyclic) bond motifs is 1. The molecular weight excluding hydrogens is 216 g/mol. The molecule has 0 bridgehead atoms. The highest BCUT2D eigenvalue weighted by Gasteiger charge is 2.07. The molecule has 82 valence electrons. The molecule has 0 saturated heterocycles. The quantitative estimate of drug-likeness (QED) is 0.806. The van der Waals surface area contributed by atoms with Crippen molar-refractivity contribution >= 4 is 28.1 Å². The van der Waals surface area contributed by atoms with E-state index < -0.39 is 0 Å². The maximum atomic E-state index is 5.63. The standard InChI is InChI=1S/C13H14N2S/c1-3-9-5-4-6-10-8(2)7-11(13(14)16)15-12(9)10/h4-7H,3H2,1-2H3,(H2,14,16). The summed E-state index contributed by atoms with van der Waals surface area (Å²) in [5, 5.41) is 1.18. The molecule has 0 unspecified atom stereocenters. The number of thiocarbonyl (C=S) groups is 1. The number of aromatic nitrogens is 1. The van der Waals surface area contributed by atoms with E-state index in [0.29, 0.717) is 10.7 Å². The van der Waals surface area contributed by atoms with Crippen molar-refractivity contribution in [3.8, 4) is 0 Å². The minimum absolute atomic E-state index is 0.357. The summed E-state index contributed by atoms with van der Waals surface area (Å²) < 4.78 is 0. The third-order valence-electron chi connectivity index (χ3n) is 2.76. The normalized spacial score (nSPS) is 10.6. The van der Waals surface area contributed by atoms with Crippen LogP contribution in [0.3, 0.4) is 0 Å². The fourth-order valence-electron chi connectivity index (χ4n) is 1.89. The van der Waals surface area contributed by atoms with Crippen LogP contribution in [0, 0.1) is 6.92 Å². The Hall–Kier alpha value is -1.48. The Morgan fingerprint density at radius 1 is 1.44 bits per heavy atom. The molecule has 0 radical (unpaired) electrons. The van der Waals surface area contributed by atoms with Gasteiger partial charge in [0.1, 0.15) is 4.99 Å². The van der Waals surface area contributed by atoms with E-state index in [4.69, 9.17) is 18.0 Å². The third-order valence-corrected chi connectivity index (χ3v) is 2.97. The van der Waals surface area contributed by atoms with Crippen LogP contribution < -0.4 is 5.73 Å². The molecule has 2 nitrogen and oxygen atoms in total. The molecule has 0 fully saturated rings. The smallest absolute Gasteiger partial charge is 0.122 e. The number of rotatable bonds is 2. The summed E-state index contributed by atoms with van der Waals surface area (Å²) in [7, 11) is 0. The Kier molecular flexibility index (Phi) is 2.88. The molecule has 0 amide bonds.